The molecule has 104 valence electrons. The van der Waals surface area contributed by atoms with Gasteiger partial charge in [0.1, 0.15) is 0 Å². The Morgan fingerprint density at radius 1 is 1.32 bits per heavy atom. The van der Waals surface area contributed by atoms with Crippen molar-refractivity contribution in [2.24, 2.45) is 5.73 Å². The minimum Gasteiger partial charge on any atom is -0.481 e. The number of carbonyl (C=O) groups excluding carboxylic acids is 1. The molecule has 0 aromatic heterocycles. The van der Waals surface area contributed by atoms with Gasteiger partial charge in [0.15, 0.2) is 0 Å². The van der Waals surface area contributed by atoms with Crippen molar-refractivity contribution in [1.82, 2.24) is 5.32 Å². The molecule has 1 unspecified atom stereocenters. The summed E-state index contributed by atoms with van der Waals surface area (Å²) < 4.78 is 0. The van der Waals surface area contributed by atoms with E-state index in [1.807, 2.05) is 44.2 Å². The molecule has 0 bridgehead atoms. The Balaban J connectivity index is 2.59. The number of benzene rings is 1. The second kappa shape index (κ2) is 6.33. The predicted molar refractivity (Wildman–Crippen MR) is 72.6 cm³/mol. The van der Waals surface area contributed by atoms with Gasteiger partial charge in [0.05, 0.1) is 12.5 Å². The van der Waals surface area contributed by atoms with E-state index in [1.165, 1.54) is 0 Å². The maximum atomic E-state index is 11.8. The Kier molecular flexibility index (Phi) is 5.06. The smallest absolute Gasteiger partial charge is 0.305 e. The van der Waals surface area contributed by atoms with Crippen LogP contribution in [0.3, 0.4) is 0 Å². The average molecular weight is 264 g/mol. The van der Waals surface area contributed by atoms with Crippen LogP contribution in [0.25, 0.3) is 0 Å². The number of nitrogens with one attached hydrogen (secondary N) is 1. The molecule has 4 N–H and O–H groups in total. The molecule has 5 nitrogen and oxygen atoms in total. The lowest BCUT2D eigenvalue weighted by Crippen LogP contribution is -2.52. The maximum Gasteiger partial charge on any atom is 0.305 e. The molecule has 0 aliphatic carbocycles. The fourth-order valence-electron chi connectivity index (χ4n) is 1.86. The first-order chi connectivity index (χ1) is 8.80. The van der Waals surface area contributed by atoms with Crippen LogP contribution >= 0.6 is 0 Å². The second-order valence-corrected chi connectivity index (χ2v) is 5.24. The number of amides is 1. The quantitative estimate of drug-likeness (QED) is 0.712. The standard InChI is InChI=1S/C14H20N2O3/c1-14(2,9-10-6-4-3-5-7-10)16-13(19)11(15)8-12(17)18/h3-7,11H,8-9,15H2,1-2H3,(H,16,19)(H,17,18). The molecule has 0 spiro atoms. The first kappa shape index (κ1) is 15.2. The summed E-state index contributed by atoms with van der Waals surface area (Å²) in [7, 11) is 0. The lowest BCUT2D eigenvalue weighted by Gasteiger charge is -2.27. The van der Waals surface area contributed by atoms with E-state index in [-0.39, 0.29) is 6.42 Å². The van der Waals surface area contributed by atoms with Gasteiger partial charge in [0, 0.05) is 5.54 Å². The van der Waals surface area contributed by atoms with Gasteiger partial charge in [-0.15, -0.1) is 0 Å². The first-order valence-electron chi connectivity index (χ1n) is 6.13. The molecular formula is C14H20N2O3. The normalized spacial score (nSPS) is 12.8. The number of carbonyl (C=O) groups is 2. The zero-order chi connectivity index (χ0) is 14.5. The van der Waals surface area contributed by atoms with Gasteiger partial charge < -0.3 is 16.2 Å². The van der Waals surface area contributed by atoms with E-state index in [0.29, 0.717) is 6.42 Å². The minimum atomic E-state index is -1.08. The molecular weight excluding hydrogens is 244 g/mol. The number of hydrogen-bond donors (Lipinski definition) is 3. The Morgan fingerprint density at radius 3 is 2.42 bits per heavy atom. The molecule has 1 aromatic carbocycles. The highest BCUT2D eigenvalue weighted by atomic mass is 16.4. The summed E-state index contributed by atoms with van der Waals surface area (Å²) in [4.78, 5) is 22.3. The zero-order valence-corrected chi connectivity index (χ0v) is 11.2. The summed E-state index contributed by atoms with van der Waals surface area (Å²) in [5.41, 5.74) is 6.15. The summed E-state index contributed by atoms with van der Waals surface area (Å²) in [5.74, 6) is -1.52. The molecule has 5 heteroatoms. The van der Waals surface area contributed by atoms with Crippen LogP contribution < -0.4 is 11.1 Å². The number of aliphatic carboxylic acids is 1. The summed E-state index contributed by atoms with van der Waals surface area (Å²) in [6, 6.07) is 8.73. The largest absolute Gasteiger partial charge is 0.481 e. The van der Waals surface area contributed by atoms with Crippen molar-refractivity contribution < 1.29 is 14.7 Å². The Hall–Kier alpha value is -1.88. The molecule has 0 aliphatic rings. The van der Waals surface area contributed by atoms with Crippen molar-refractivity contribution in [1.29, 1.82) is 0 Å². The third-order valence-electron chi connectivity index (χ3n) is 2.68. The molecule has 0 saturated carbocycles. The van der Waals surface area contributed by atoms with Gasteiger partial charge in [-0.2, -0.15) is 0 Å². The minimum absolute atomic E-state index is 0.368. The van der Waals surface area contributed by atoms with Gasteiger partial charge in [-0.25, -0.2) is 0 Å². The van der Waals surface area contributed by atoms with Crippen molar-refractivity contribution in [2.45, 2.75) is 38.3 Å². The molecule has 0 fully saturated rings. The molecule has 1 atom stereocenters. The zero-order valence-electron chi connectivity index (χ0n) is 11.2. The summed E-state index contributed by atoms with van der Waals surface area (Å²) in [6.45, 7) is 3.76. The molecule has 0 aliphatic heterocycles. The third-order valence-corrected chi connectivity index (χ3v) is 2.68. The molecule has 1 amide bonds. The average Bonchev–Trinajstić information content (AvgIpc) is 2.27. The van der Waals surface area contributed by atoms with Gasteiger partial charge in [-0.05, 0) is 25.8 Å². The topological polar surface area (TPSA) is 92.4 Å². The monoisotopic (exact) mass is 264 g/mol. The van der Waals surface area contributed by atoms with E-state index in [1.54, 1.807) is 0 Å². The van der Waals surface area contributed by atoms with Gasteiger partial charge >= 0.3 is 5.97 Å². The lowest BCUT2D eigenvalue weighted by molar-refractivity contribution is -0.139. The SMILES string of the molecule is CC(C)(Cc1ccccc1)NC(=O)C(N)CC(=O)O. The Morgan fingerprint density at radius 2 is 1.89 bits per heavy atom. The van der Waals surface area contributed by atoms with Crippen molar-refractivity contribution in [3.63, 3.8) is 0 Å². The van der Waals surface area contributed by atoms with E-state index >= 15 is 0 Å². The van der Waals surface area contributed by atoms with Gasteiger partial charge in [0.2, 0.25) is 5.91 Å². The molecule has 1 aromatic rings. The van der Waals surface area contributed by atoms with Crippen LogP contribution in [-0.2, 0) is 16.0 Å². The highest BCUT2D eigenvalue weighted by Gasteiger charge is 2.25. The number of carboxylic acid groups (broad SMARTS) is 1. The van der Waals surface area contributed by atoms with Gasteiger partial charge in [-0.3, -0.25) is 9.59 Å². The molecule has 0 radical (unpaired) electrons. The second-order valence-electron chi connectivity index (χ2n) is 5.24. The van der Waals surface area contributed by atoms with E-state index in [9.17, 15) is 9.59 Å². The number of rotatable bonds is 6. The molecule has 0 heterocycles. The highest BCUT2D eigenvalue weighted by molar-refractivity contribution is 5.86. The van der Waals surface area contributed by atoms with Gasteiger partial charge in [-0.1, -0.05) is 30.3 Å². The van der Waals surface area contributed by atoms with Crippen molar-refractivity contribution in [2.75, 3.05) is 0 Å². The molecule has 0 saturated heterocycles. The summed E-state index contributed by atoms with van der Waals surface area (Å²) >= 11 is 0. The van der Waals surface area contributed by atoms with E-state index < -0.39 is 23.5 Å². The van der Waals surface area contributed by atoms with Crippen LogP contribution in [0.15, 0.2) is 30.3 Å². The Bertz CT molecular complexity index is 443. The fourth-order valence-corrected chi connectivity index (χ4v) is 1.86. The van der Waals surface area contributed by atoms with E-state index in [4.69, 9.17) is 10.8 Å². The van der Waals surface area contributed by atoms with Crippen LogP contribution in [-0.4, -0.2) is 28.6 Å². The van der Waals surface area contributed by atoms with E-state index in [2.05, 4.69) is 5.32 Å². The predicted octanol–water partition coefficient (Wildman–Crippen LogP) is 0.926. The van der Waals surface area contributed by atoms with Crippen LogP contribution in [0.2, 0.25) is 0 Å². The van der Waals surface area contributed by atoms with Gasteiger partial charge in [0.25, 0.3) is 0 Å². The maximum absolute atomic E-state index is 11.8. The summed E-state index contributed by atoms with van der Waals surface area (Å²) in [5, 5.41) is 11.4. The van der Waals surface area contributed by atoms with Crippen LogP contribution in [0, 0.1) is 0 Å². The number of nitrogens with two attached hydrogens (primary N) is 1. The van der Waals surface area contributed by atoms with Crippen molar-refractivity contribution in [3.05, 3.63) is 35.9 Å². The van der Waals surface area contributed by atoms with E-state index in [0.717, 1.165) is 5.56 Å². The van der Waals surface area contributed by atoms with Crippen LogP contribution in [0.5, 0.6) is 0 Å². The number of carboxylic acids is 1. The number of hydrogen-bond acceptors (Lipinski definition) is 3. The van der Waals surface area contributed by atoms with Crippen LogP contribution in [0.1, 0.15) is 25.8 Å². The van der Waals surface area contributed by atoms with Crippen LogP contribution in [0.4, 0.5) is 0 Å². The fraction of sp³-hybridized carbons (Fsp3) is 0.429. The summed E-state index contributed by atoms with van der Waals surface area (Å²) in [6.07, 6.45) is 0.284. The third kappa shape index (κ3) is 5.52. The van der Waals surface area contributed by atoms with Crippen molar-refractivity contribution >= 4 is 11.9 Å². The van der Waals surface area contributed by atoms with Crippen molar-refractivity contribution in [3.8, 4) is 0 Å². The lowest BCUT2D eigenvalue weighted by atomic mass is 9.94. The molecule has 19 heavy (non-hydrogen) atoms. The Labute approximate surface area is 112 Å². The molecule has 1 rings (SSSR count). The highest BCUT2D eigenvalue weighted by Crippen LogP contribution is 2.12. The first-order valence-corrected chi connectivity index (χ1v) is 6.13.